The molecule has 0 aliphatic carbocycles. The molecule has 100 valence electrons. The third-order valence-electron chi connectivity index (χ3n) is 3.35. The lowest BCUT2D eigenvalue weighted by Gasteiger charge is -2.35. The number of hydrogen-bond donors (Lipinski definition) is 1. The number of aldehydes is 1. The van der Waals surface area contributed by atoms with Crippen molar-refractivity contribution in [3.8, 4) is 0 Å². The molecule has 0 radical (unpaired) electrons. The van der Waals surface area contributed by atoms with E-state index in [1.165, 1.54) is 0 Å². The third-order valence-corrected chi connectivity index (χ3v) is 3.35. The van der Waals surface area contributed by atoms with Crippen molar-refractivity contribution in [2.24, 2.45) is 0 Å². The van der Waals surface area contributed by atoms with Gasteiger partial charge >= 0.3 is 0 Å². The molecule has 1 fully saturated rings. The number of nitrogens with one attached hydrogen (secondary N) is 1. The van der Waals surface area contributed by atoms with Gasteiger partial charge in [0.1, 0.15) is 12.3 Å². The van der Waals surface area contributed by atoms with Gasteiger partial charge in [-0.15, -0.1) is 0 Å². The highest BCUT2D eigenvalue weighted by Gasteiger charge is 2.32. The molecular formula is C14H16N2O3. The van der Waals surface area contributed by atoms with E-state index < -0.39 is 0 Å². The predicted molar refractivity (Wildman–Crippen MR) is 71.1 cm³/mol. The molecule has 5 nitrogen and oxygen atoms in total. The Labute approximate surface area is 111 Å². The molecular weight excluding hydrogens is 244 g/mol. The first-order valence-corrected chi connectivity index (χ1v) is 6.23. The molecule has 2 rings (SSSR count). The molecule has 1 N–H and O–H groups in total. The van der Waals surface area contributed by atoms with Crippen molar-refractivity contribution in [1.82, 2.24) is 5.32 Å². The predicted octanol–water partition coefficient (Wildman–Crippen LogP) is 1.05. The van der Waals surface area contributed by atoms with E-state index in [1.807, 2.05) is 19.9 Å². The summed E-state index contributed by atoms with van der Waals surface area (Å²) >= 11 is 0. The molecule has 2 amide bonds. The number of anilines is 1. The fraction of sp³-hybridized carbons (Fsp3) is 0.357. The van der Waals surface area contributed by atoms with Crippen molar-refractivity contribution >= 4 is 23.8 Å². The molecule has 1 saturated heterocycles. The van der Waals surface area contributed by atoms with Gasteiger partial charge < -0.3 is 4.90 Å². The van der Waals surface area contributed by atoms with Gasteiger partial charge in [0, 0.05) is 11.3 Å². The topological polar surface area (TPSA) is 66.5 Å². The van der Waals surface area contributed by atoms with E-state index >= 15 is 0 Å². The summed E-state index contributed by atoms with van der Waals surface area (Å²) in [5.74, 6) is -0.567. The molecule has 1 aliphatic heterocycles. The van der Waals surface area contributed by atoms with Crippen LogP contribution in [0.4, 0.5) is 5.69 Å². The van der Waals surface area contributed by atoms with Crippen LogP contribution in [0.1, 0.15) is 29.3 Å². The number of benzene rings is 1. The van der Waals surface area contributed by atoms with Crippen LogP contribution in [0, 0.1) is 6.92 Å². The molecule has 1 atom stereocenters. The van der Waals surface area contributed by atoms with E-state index in [9.17, 15) is 14.4 Å². The minimum atomic E-state index is -0.348. The Balaban J connectivity index is 2.37. The van der Waals surface area contributed by atoms with Gasteiger partial charge in [-0.05, 0) is 37.1 Å². The first kappa shape index (κ1) is 13.3. The standard InChI is InChI=1S/C14H16N2O3/c1-3-12-14(19)15-13(18)7-16(12)11-5-4-10(8-17)9(2)6-11/h4-6,8,12H,3,7H2,1-2H3,(H,15,18,19). The molecule has 1 unspecified atom stereocenters. The summed E-state index contributed by atoms with van der Waals surface area (Å²) in [5.41, 5.74) is 2.24. The first-order chi connectivity index (χ1) is 9.06. The Hall–Kier alpha value is -2.17. The van der Waals surface area contributed by atoms with Gasteiger partial charge in [-0.3, -0.25) is 19.7 Å². The second-order valence-corrected chi connectivity index (χ2v) is 4.62. The lowest BCUT2D eigenvalue weighted by Crippen LogP contribution is -2.58. The normalized spacial score (nSPS) is 19.3. The minimum Gasteiger partial charge on any atom is -0.350 e. The Morgan fingerprint density at radius 2 is 2.16 bits per heavy atom. The first-order valence-electron chi connectivity index (χ1n) is 6.23. The van der Waals surface area contributed by atoms with Gasteiger partial charge in [0.15, 0.2) is 0 Å². The molecule has 1 aliphatic rings. The van der Waals surface area contributed by atoms with Gasteiger partial charge in [0.05, 0.1) is 6.54 Å². The monoisotopic (exact) mass is 260 g/mol. The van der Waals surface area contributed by atoms with Crippen molar-refractivity contribution in [3.63, 3.8) is 0 Å². The number of nitrogens with zero attached hydrogens (tertiary/aromatic N) is 1. The molecule has 5 heteroatoms. The lowest BCUT2D eigenvalue weighted by atomic mass is 10.0. The number of amides is 2. The SMILES string of the molecule is CCC1C(=O)NC(=O)CN1c1ccc(C=O)c(C)c1. The van der Waals surface area contributed by atoms with Crippen LogP contribution in [0.3, 0.4) is 0 Å². The highest BCUT2D eigenvalue weighted by Crippen LogP contribution is 2.23. The number of rotatable bonds is 3. The van der Waals surface area contributed by atoms with Crippen molar-refractivity contribution in [2.75, 3.05) is 11.4 Å². The summed E-state index contributed by atoms with van der Waals surface area (Å²) in [5, 5.41) is 2.34. The van der Waals surface area contributed by atoms with Gasteiger partial charge in [-0.25, -0.2) is 0 Å². The summed E-state index contributed by atoms with van der Waals surface area (Å²) < 4.78 is 0. The van der Waals surface area contributed by atoms with E-state index in [1.54, 1.807) is 17.0 Å². The van der Waals surface area contributed by atoms with E-state index in [2.05, 4.69) is 5.32 Å². The van der Waals surface area contributed by atoms with Crippen LogP contribution in [0.25, 0.3) is 0 Å². The molecule has 0 spiro atoms. The summed E-state index contributed by atoms with van der Waals surface area (Å²) in [6, 6.07) is 4.96. The molecule has 1 aromatic carbocycles. The van der Waals surface area contributed by atoms with Crippen LogP contribution in [-0.4, -0.2) is 30.7 Å². The Bertz CT molecular complexity index is 539. The molecule has 0 aromatic heterocycles. The van der Waals surface area contributed by atoms with Crippen LogP contribution in [0.2, 0.25) is 0 Å². The van der Waals surface area contributed by atoms with Crippen LogP contribution >= 0.6 is 0 Å². The lowest BCUT2D eigenvalue weighted by molar-refractivity contribution is -0.132. The Morgan fingerprint density at radius 3 is 2.74 bits per heavy atom. The number of carbonyl (C=O) groups excluding carboxylic acids is 3. The molecule has 1 heterocycles. The highest BCUT2D eigenvalue weighted by atomic mass is 16.2. The summed E-state index contributed by atoms with van der Waals surface area (Å²) in [6.07, 6.45) is 1.41. The fourth-order valence-electron chi connectivity index (χ4n) is 2.31. The molecule has 0 saturated carbocycles. The number of imide groups is 1. The van der Waals surface area contributed by atoms with Gasteiger partial charge in [-0.1, -0.05) is 6.92 Å². The maximum Gasteiger partial charge on any atom is 0.249 e. The summed E-state index contributed by atoms with van der Waals surface area (Å²) in [7, 11) is 0. The van der Waals surface area contributed by atoms with Crippen LogP contribution < -0.4 is 10.2 Å². The molecule has 1 aromatic rings. The van der Waals surface area contributed by atoms with Crippen LogP contribution in [0.15, 0.2) is 18.2 Å². The fourth-order valence-corrected chi connectivity index (χ4v) is 2.31. The zero-order valence-corrected chi connectivity index (χ0v) is 11.0. The summed E-state index contributed by atoms with van der Waals surface area (Å²) in [4.78, 5) is 35.9. The van der Waals surface area contributed by atoms with Gasteiger partial charge in [0.2, 0.25) is 11.8 Å². The number of hydrogen-bond acceptors (Lipinski definition) is 4. The quantitative estimate of drug-likeness (QED) is 0.651. The number of aryl methyl sites for hydroxylation is 1. The Kier molecular flexibility index (Phi) is 3.64. The van der Waals surface area contributed by atoms with E-state index in [-0.39, 0.29) is 24.4 Å². The Morgan fingerprint density at radius 1 is 1.42 bits per heavy atom. The van der Waals surface area contributed by atoms with Crippen LogP contribution in [0.5, 0.6) is 0 Å². The average Bonchev–Trinajstić information content (AvgIpc) is 2.37. The zero-order chi connectivity index (χ0) is 14.0. The molecule has 0 bridgehead atoms. The maximum absolute atomic E-state index is 11.8. The van der Waals surface area contributed by atoms with Crippen molar-refractivity contribution in [2.45, 2.75) is 26.3 Å². The minimum absolute atomic E-state index is 0.157. The largest absolute Gasteiger partial charge is 0.350 e. The van der Waals surface area contributed by atoms with Gasteiger partial charge in [0.25, 0.3) is 0 Å². The van der Waals surface area contributed by atoms with Crippen molar-refractivity contribution in [3.05, 3.63) is 29.3 Å². The average molecular weight is 260 g/mol. The smallest absolute Gasteiger partial charge is 0.249 e. The third kappa shape index (κ3) is 2.50. The molecule has 19 heavy (non-hydrogen) atoms. The highest BCUT2D eigenvalue weighted by molar-refractivity contribution is 6.04. The van der Waals surface area contributed by atoms with Crippen LogP contribution in [-0.2, 0) is 9.59 Å². The summed E-state index contributed by atoms with van der Waals surface area (Å²) in [6.45, 7) is 3.89. The van der Waals surface area contributed by atoms with Crippen molar-refractivity contribution in [1.29, 1.82) is 0 Å². The van der Waals surface area contributed by atoms with E-state index in [0.29, 0.717) is 12.0 Å². The van der Waals surface area contributed by atoms with Crippen molar-refractivity contribution < 1.29 is 14.4 Å². The number of piperazine rings is 1. The second-order valence-electron chi connectivity index (χ2n) is 4.62. The maximum atomic E-state index is 11.8. The number of carbonyl (C=O) groups is 3. The van der Waals surface area contributed by atoms with E-state index in [4.69, 9.17) is 0 Å². The zero-order valence-electron chi connectivity index (χ0n) is 11.0. The van der Waals surface area contributed by atoms with E-state index in [0.717, 1.165) is 17.5 Å². The van der Waals surface area contributed by atoms with Gasteiger partial charge in [-0.2, -0.15) is 0 Å². The second kappa shape index (κ2) is 5.22.